The summed E-state index contributed by atoms with van der Waals surface area (Å²) in [6.07, 6.45) is 0. The minimum atomic E-state index is -3.86. The first kappa shape index (κ1) is 14.3. The second kappa shape index (κ2) is 5.46. The summed E-state index contributed by atoms with van der Waals surface area (Å²) in [4.78, 5) is 11.3. The Morgan fingerprint density at radius 3 is 2.15 bits per heavy atom. The van der Waals surface area contributed by atoms with E-state index < -0.39 is 10.1 Å². The van der Waals surface area contributed by atoms with E-state index in [0.29, 0.717) is 11.1 Å². The summed E-state index contributed by atoms with van der Waals surface area (Å²) in [6, 6.07) is 12.6. The van der Waals surface area contributed by atoms with E-state index in [1.807, 2.05) is 0 Å². The highest BCUT2D eigenvalue weighted by Crippen LogP contribution is 2.21. The highest BCUT2D eigenvalue weighted by Gasteiger charge is 2.18. The van der Waals surface area contributed by atoms with E-state index in [2.05, 4.69) is 0 Å². The molecule has 0 saturated carbocycles. The van der Waals surface area contributed by atoms with E-state index in [9.17, 15) is 13.2 Å². The topological polar surface area (TPSA) is 60.4 Å². The lowest BCUT2D eigenvalue weighted by molar-refractivity contribution is 0.101. The van der Waals surface area contributed by atoms with Crippen LogP contribution in [0.15, 0.2) is 53.4 Å². The highest BCUT2D eigenvalue weighted by molar-refractivity contribution is 7.87. The fourth-order valence-corrected chi connectivity index (χ4v) is 2.92. The van der Waals surface area contributed by atoms with Crippen LogP contribution in [0.1, 0.15) is 22.8 Å². The molecule has 0 bridgehead atoms. The highest BCUT2D eigenvalue weighted by atomic mass is 32.2. The molecule has 0 amide bonds. The maximum Gasteiger partial charge on any atom is 0.339 e. The third-order valence-electron chi connectivity index (χ3n) is 2.83. The Morgan fingerprint density at radius 1 is 1.00 bits per heavy atom. The number of rotatable bonds is 4. The van der Waals surface area contributed by atoms with E-state index in [1.54, 1.807) is 25.1 Å². The molecule has 0 saturated heterocycles. The molecule has 20 heavy (non-hydrogen) atoms. The van der Waals surface area contributed by atoms with Crippen LogP contribution < -0.4 is 4.18 Å². The molecule has 0 spiro atoms. The second-order valence-electron chi connectivity index (χ2n) is 4.38. The van der Waals surface area contributed by atoms with Crippen molar-refractivity contribution in [3.63, 3.8) is 0 Å². The first-order valence-electron chi connectivity index (χ1n) is 6.01. The van der Waals surface area contributed by atoms with Crippen LogP contribution in [0.25, 0.3) is 0 Å². The fourth-order valence-electron chi connectivity index (χ4n) is 1.75. The fraction of sp³-hybridized carbons (Fsp3) is 0.133. The van der Waals surface area contributed by atoms with Gasteiger partial charge in [-0.1, -0.05) is 18.2 Å². The van der Waals surface area contributed by atoms with Gasteiger partial charge in [0.1, 0.15) is 10.6 Å². The van der Waals surface area contributed by atoms with Crippen molar-refractivity contribution in [2.45, 2.75) is 18.7 Å². The summed E-state index contributed by atoms with van der Waals surface area (Å²) >= 11 is 0. The third-order valence-corrected chi connectivity index (χ3v) is 4.24. The molecule has 0 aliphatic carbocycles. The van der Waals surface area contributed by atoms with Crippen molar-refractivity contribution < 1.29 is 17.4 Å². The Bertz CT molecular complexity index is 731. The van der Waals surface area contributed by atoms with Gasteiger partial charge in [0.2, 0.25) is 0 Å². The lowest BCUT2D eigenvalue weighted by atomic mass is 10.1. The number of hydrogen-bond donors (Lipinski definition) is 0. The molecular formula is C15H14O4S. The van der Waals surface area contributed by atoms with E-state index in [1.165, 1.54) is 37.3 Å². The molecule has 2 aromatic carbocycles. The molecule has 0 atom stereocenters. The minimum Gasteiger partial charge on any atom is -0.379 e. The summed E-state index contributed by atoms with van der Waals surface area (Å²) in [5.74, 6) is 0.0940. The van der Waals surface area contributed by atoms with Crippen LogP contribution in [0, 0.1) is 6.92 Å². The van der Waals surface area contributed by atoms with Gasteiger partial charge in [-0.3, -0.25) is 4.79 Å². The Morgan fingerprint density at radius 2 is 1.60 bits per heavy atom. The molecule has 0 aliphatic rings. The normalized spacial score (nSPS) is 11.1. The van der Waals surface area contributed by atoms with Gasteiger partial charge in [0.25, 0.3) is 0 Å². The number of carbonyl (C=O) groups is 1. The predicted octanol–water partition coefficient (Wildman–Crippen LogP) is 2.97. The van der Waals surface area contributed by atoms with Crippen LogP contribution in [0.4, 0.5) is 0 Å². The van der Waals surface area contributed by atoms with Crippen LogP contribution in [0.5, 0.6) is 5.75 Å². The standard InChI is InChI=1S/C15H14O4S/c1-11-5-3-4-6-15(11)20(17,18)19-14-9-7-13(8-10-14)12(2)16/h3-10H,1-2H3. The lowest BCUT2D eigenvalue weighted by Crippen LogP contribution is -2.11. The summed E-state index contributed by atoms with van der Waals surface area (Å²) in [5.41, 5.74) is 1.12. The monoisotopic (exact) mass is 290 g/mol. The number of benzene rings is 2. The van der Waals surface area contributed by atoms with Crippen LogP contribution in [0.2, 0.25) is 0 Å². The molecule has 0 aliphatic heterocycles. The molecule has 0 aromatic heterocycles. The summed E-state index contributed by atoms with van der Waals surface area (Å²) in [6.45, 7) is 3.15. The van der Waals surface area contributed by atoms with Gasteiger partial charge in [0.05, 0.1) is 0 Å². The molecule has 0 fully saturated rings. The van der Waals surface area contributed by atoms with Gasteiger partial charge in [0, 0.05) is 5.56 Å². The average molecular weight is 290 g/mol. The first-order valence-corrected chi connectivity index (χ1v) is 7.42. The SMILES string of the molecule is CC(=O)c1ccc(OS(=O)(=O)c2ccccc2C)cc1. The van der Waals surface area contributed by atoms with E-state index in [-0.39, 0.29) is 16.4 Å². The van der Waals surface area contributed by atoms with Crippen LogP contribution in [-0.4, -0.2) is 14.2 Å². The number of Topliss-reactive ketones (excluding diaryl/α,β-unsaturated/α-hetero) is 1. The van der Waals surface area contributed by atoms with E-state index in [4.69, 9.17) is 4.18 Å². The van der Waals surface area contributed by atoms with Crippen molar-refractivity contribution in [1.29, 1.82) is 0 Å². The van der Waals surface area contributed by atoms with E-state index >= 15 is 0 Å². The van der Waals surface area contributed by atoms with Crippen molar-refractivity contribution in [3.05, 3.63) is 59.7 Å². The van der Waals surface area contributed by atoms with Crippen molar-refractivity contribution >= 4 is 15.9 Å². The van der Waals surface area contributed by atoms with Crippen molar-refractivity contribution in [2.75, 3.05) is 0 Å². The van der Waals surface area contributed by atoms with Crippen molar-refractivity contribution in [2.24, 2.45) is 0 Å². The van der Waals surface area contributed by atoms with Gasteiger partial charge in [-0.25, -0.2) is 0 Å². The first-order chi connectivity index (χ1) is 9.40. The lowest BCUT2D eigenvalue weighted by Gasteiger charge is -2.09. The number of carbonyl (C=O) groups excluding carboxylic acids is 1. The maximum absolute atomic E-state index is 12.2. The quantitative estimate of drug-likeness (QED) is 0.641. The zero-order chi connectivity index (χ0) is 14.8. The van der Waals surface area contributed by atoms with Gasteiger partial charge in [0.15, 0.2) is 5.78 Å². The van der Waals surface area contributed by atoms with Crippen LogP contribution in [0.3, 0.4) is 0 Å². The third kappa shape index (κ3) is 3.05. The molecule has 0 radical (unpaired) electrons. The van der Waals surface area contributed by atoms with Gasteiger partial charge in [-0.15, -0.1) is 0 Å². The zero-order valence-electron chi connectivity index (χ0n) is 11.2. The number of aryl methyl sites for hydroxylation is 1. The average Bonchev–Trinajstić information content (AvgIpc) is 2.39. The Labute approximate surface area is 118 Å². The number of ketones is 1. The molecule has 2 aromatic rings. The summed E-state index contributed by atoms with van der Waals surface area (Å²) in [5, 5.41) is 0. The summed E-state index contributed by atoms with van der Waals surface area (Å²) in [7, 11) is -3.86. The van der Waals surface area contributed by atoms with Gasteiger partial charge in [-0.2, -0.15) is 8.42 Å². The predicted molar refractivity (Wildman–Crippen MR) is 75.4 cm³/mol. The van der Waals surface area contributed by atoms with E-state index in [0.717, 1.165) is 0 Å². The molecule has 0 N–H and O–H groups in total. The summed E-state index contributed by atoms with van der Waals surface area (Å²) < 4.78 is 29.4. The largest absolute Gasteiger partial charge is 0.379 e. The van der Waals surface area contributed by atoms with Gasteiger partial charge < -0.3 is 4.18 Å². The Balaban J connectivity index is 2.29. The van der Waals surface area contributed by atoms with Crippen LogP contribution >= 0.6 is 0 Å². The smallest absolute Gasteiger partial charge is 0.339 e. The Hall–Kier alpha value is -2.14. The minimum absolute atomic E-state index is 0.0849. The second-order valence-corrected chi connectivity index (χ2v) is 5.90. The zero-order valence-corrected chi connectivity index (χ0v) is 12.0. The molecule has 0 heterocycles. The maximum atomic E-state index is 12.2. The number of hydrogen-bond acceptors (Lipinski definition) is 4. The van der Waals surface area contributed by atoms with Crippen molar-refractivity contribution in [3.8, 4) is 5.75 Å². The molecule has 5 heteroatoms. The van der Waals surface area contributed by atoms with Gasteiger partial charge >= 0.3 is 10.1 Å². The molecule has 104 valence electrons. The molecule has 4 nitrogen and oxygen atoms in total. The molecule has 0 unspecified atom stereocenters. The van der Waals surface area contributed by atoms with Gasteiger partial charge in [-0.05, 0) is 49.7 Å². The molecule has 2 rings (SSSR count). The van der Waals surface area contributed by atoms with Crippen molar-refractivity contribution in [1.82, 2.24) is 0 Å². The van der Waals surface area contributed by atoms with Crippen LogP contribution in [-0.2, 0) is 10.1 Å². The molecular weight excluding hydrogens is 276 g/mol. The Kier molecular flexibility index (Phi) is 3.90.